The van der Waals surface area contributed by atoms with Gasteiger partial charge in [0, 0.05) is 42.1 Å². The molecule has 0 spiro atoms. The van der Waals surface area contributed by atoms with Gasteiger partial charge < -0.3 is 9.64 Å². The van der Waals surface area contributed by atoms with Crippen LogP contribution in [0.15, 0.2) is 46.7 Å². The fraction of sp³-hybridized carbons (Fsp3) is 0.318. The van der Waals surface area contributed by atoms with E-state index in [4.69, 9.17) is 21.3 Å². The molecule has 1 aliphatic heterocycles. The fourth-order valence-corrected chi connectivity index (χ4v) is 6.50. The fourth-order valence-electron chi connectivity index (χ4n) is 3.78. The van der Waals surface area contributed by atoms with E-state index >= 15 is 0 Å². The molecule has 3 aromatic rings. The number of thiazole rings is 1. The number of halogens is 1. The van der Waals surface area contributed by atoms with Gasteiger partial charge in [-0.05, 0) is 44.2 Å². The van der Waals surface area contributed by atoms with E-state index in [1.165, 1.54) is 28.6 Å². The molecule has 31 heavy (non-hydrogen) atoms. The molecule has 2 aromatic carbocycles. The summed E-state index contributed by atoms with van der Waals surface area (Å²) < 4.78 is 33.1. The number of methoxy groups -OCH3 is 1. The quantitative estimate of drug-likeness (QED) is 0.537. The lowest BCUT2D eigenvalue weighted by Gasteiger charge is -2.34. The van der Waals surface area contributed by atoms with E-state index in [0.717, 1.165) is 16.4 Å². The molecule has 0 unspecified atom stereocenters. The van der Waals surface area contributed by atoms with Crippen LogP contribution in [0.2, 0.25) is 5.02 Å². The van der Waals surface area contributed by atoms with Crippen LogP contribution >= 0.6 is 22.9 Å². The average Bonchev–Trinajstić information content (AvgIpc) is 3.23. The van der Waals surface area contributed by atoms with Gasteiger partial charge in [0.15, 0.2) is 5.13 Å². The lowest BCUT2D eigenvalue weighted by Crippen LogP contribution is -2.48. The number of hydrogen-bond donors (Lipinski definition) is 0. The molecular formula is C22H24ClN3O3S2. The van der Waals surface area contributed by atoms with E-state index in [0.29, 0.717) is 37.0 Å². The van der Waals surface area contributed by atoms with Crippen LogP contribution in [0.3, 0.4) is 0 Å². The number of nitrogens with zero attached hydrogens (tertiary/aromatic N) is 3. The van der Waals surface area contributed by atoms with Gasteiger partial charge in [0.05, 0.1) is 12.8 Å². The molecule has 1 saturated heterocycles. The Morgan fingerprint density at radius 2 is 1.71 bits per heavy atom. The normalized spacial score (nSPS) is 15.3. The summed E-state index contributed by atoms with van der Waals surface area (Å²) in [5, 5.41) is 3.33. The van der Waals surface area contributed by atoms with Crippen molar-refractivity contribution in [1.82, 2.24) is 9.29 Å². The molecule has 9 heteroatoms. The van der Waals surface area contributed by atoms with Gasteiger partial charge >= 0.3 is 0 Å². The highest BCUT2D eigenvalue weighted by Gasteiger charge is 2.31. The van der Waals surface area contributed by atoms with Gasteiger partial charge in [-0.15, -0.1) is 11.3 Å². The molecule has 0 radical (unpaired) electrons. The molecule has 0 bridgehead atoms. The van der Waals surface area contributed by atoms with Gasteiger partial charge in [-0.1, -0.05) is 28.8 Å². The summed E-state index contributed by atoms with van der Waals surface area (Å²) in [7, 11) is -2.25. The van der Waals surface area contributed by atoms with Crippen LogP contribution in [0.5, 0.6) is 5.75 Å². The lowest BCUT2D eigenvalue weighted by molar-refractivity contribution is 0.374. The van der Waals surface area contributed by atoms with Crippen molar-refractivity contribution in [3.8, 4) is 17.0 Å². The summed E-state index contributed by atoms with van der Waals surface area (Å²) in [4.78, 5) is 7.05. The van der Waals surface area contributed by atoms with E-state index < -0.39 is 10.0 Å². The molecular weight excluding hydrogens is 454 g/mol. The summed E-state index contributed by atoms with van der Waals surface area (Å²) in [5.74, 6) is 0.296. The van der Waals surface area contributed by atoms with Crippen molar-refractivity contribution in [2.24, 2.45) is 0 Å². The van der Waals surface area contributed by atoms with Crippen LogP contribution in [0.4, 0.5) is 5.13 Å². The third-order valence-corrected chi connectivity index (χ3v) is 8.32. The van der Waals surface area contributed by atoms with Gasteiger partial charge in [0.25, 0.3) is 0 Å². The maximum Gasteiger partial charge on any atom is 0.246 e. The van der Waals surface area contributed by atoms with Crippen molar-refractivity contribution >= 4 is 38.1 Å². The van der Waals surface area contributed by atoms with E-state index in [-0.39, 0.29) is 4.90 Å². The van der Waals surface area contributed by atoms with Crippen molar-refractivity contribution in [1.29, 1.82) is 0 Å². The molecule has 6 nitrogen and oxygen atoms in total. The molecule has 1 aromatic heterocycles. The van der Waals surface area contributed by atoms with Crippen molar-refractivity contribution in [3.63, 3.8) is 0 Å². The first-order valence-corrected chi connectivity index (χ1v) is 12.6. The highest BCUT2D eigenvalue weighted by molar-refractivity contribution is 7.89. The highest BCUT2D eigenvalue weighted by Crippen LogP contribution is 2.32. The topological polar surface area (TPSA) is 62.7 Å². The largest absolute Gasteiger partial charge is 0.495 e. The van der Waals surface area contributed by atoms with E-state index in [1.807, 2.05) is 0 Å². The van der Waals surface area contributed by atoms with Crippen molar-refractivity contribution < 1.29 is 13.2 Å². The Bertz CT molecular complexity index is 1180. The van der Waals surface area contributed by atoms with Crippen LogP contribution < -0.4 is 9.64 Å². The van der Waals surface area contributed by atoms with Crippen molar-refractivity contribution in [3.05, 3.63) is 57.9 Å². The van der Waals surface area contributed by atoms with Crippen LogP contribution in [0.1, 0.15) is 11.1 Å². The third-order valence-electron chi connectivity index (χ3n) is 5.26. The number of hydrogen-bond acceptors (Lipinski definition) is 6. The molecule has 0 saturated carbocycles. The zero-order valence-corrected chi connectivity index (χ0v) is 20.0. The number of piperazine rings is 1. The minimum atomic E-state index is -3.70. The summed E-state index contributed by atoms with van der Waals surface area (Å²) >= 11 is 7.63. The SMILES string of the molecule is COc1ccc(Cl)cc1S(=O)(=O)N1CCN(c2nc(-c3cc(C)cc(C)c3)cs2)CC1. The average molecular weight is 478 g/mol. The second-order valence-electron chi connectivity index (χ2n) is 7.58. The van der Waals surface area contributed by atoms with Gasteiger partial charge in [-0.3, -0.25) is 0 Å². The molecule has 1 aliphatic rings. The molecule has 1 fully saturated rings. The van der Waals surface area contributed by atoms with Gasteiger partial charge in [-0.25, -0.2) is 13.4 Å². The van der Waals surface area contributed by atoms with E-state index in [1.54, 1.807) is 23.5 Å². The molecule has 164 valence electrons. The summed E-state index contributed by atoms with van der Waals surface area (Å²) in [6.07, 6.45) is 0. The van der Waals surface area contributed by atoms with E-state index in [9.17, 15) is 8.42 Å². The van der Waals surface area contributed by atoms with Crippen molar-refractivity contribution in [2.75, 3.05) is 38.2 Å². The number of sulfonamides is 1. The predicted octanol–water partition coefficient (Wildman–Crippen LogP) is 4.60. The smallest absolute Gasteiger partial charge is 0.246 e. The van der Waals surface area contributed by atoms with Gasteiger partial charge in [0.2, 0.25) is 10.0 Å². The molecule has 0 aliphatic carbocycles. The molecule has 0 N–H and O–H groups in total. The van der Waals surface area contributed by atoms with Crippen LogP contribution in [-0.2, 0) is 10.0 Å². The first-order chi connectivity index (χ1) is 14.8. The number of aromatic nitrogens is 1. The first-order valence-electron chi connectivity index (χ1n) is 9.91. The van der Waals surface area contributed by atoms with E-state index in [2.05, 4.69) is 42.3 Å². The highest BCUT2D eigenvalue weighted by atomic mass is 35.5. The maximum atomic E-state index is 13.2. The third kappa shape index (κ3) is 4.57. The Morgan fingerprint density at radius 3 is 2.35 bits per heavy atom. The number of rotatable bonds is 5. The number of aryl methyl sites for hydroxylation is 2. The summed E-state index contributed by atoms with van der Waals surface area (Å²) in [6.45, 7) is 6.05. The Morgan fingerprint density at radius 1 is 1.03 bits per heavy atom. The maximum absolute atomic E-state index is 13.2. The number of benzene rings is 2. The summed E-state index contributed by atoms with van der Waals surface area (Å²) in [5.41, 5.74) is 4.47. The van der Waals surface area contributed by atoms with Crippen molar-refractivity contribution in [2.45, 2.75) is 18.7 Å². The summed E-state index contributed by atoms with van der Waals surface area (Å²) in [6, 6.07) is 11.1. The molecule has 0 amide bonds. The Labute approximate surface area is 192 Å². The van der Waals surface area contributed by atoms with Crippen LogP contribution in [0.25, 0.3) is 11.3 Å². The zero-order chi connectivity index (χ0) is 22.2. The standard InChI is InChI=1S/C22H24ClN3O3S2/c1-15-10-16(2)12-17(11-15)19-14-30-22(24-19)25-6-8-26(9-7-25)31(27,28)21-13-18(23)4-5-20(21)29-3/h4-5,10-14H,6-9H2,1-3H3. The molecule has 2 heterocycles. The number of anilines is 1. The monoisotopic (exact) mass is 477 g/mol. The van der Waals surface area contributed by atoms with Gasteiger partial charge in [-0.2, -0.15) is 4.31 Å². The lowest BCUT2D eigenvalue weighted by atomic mass is 10.1. The van der Waals surface area contributed by atoms with Gasteiger partial charge in [0.1, 0.15) is 10.6 Å². The predicted molar refractivity (Wildman–Crippen MR) is 126 cm³/mol. The Hall–Kier alpha value is -2.13. The number of ether oxygens (including phenoxy) is 1. The Kier molecular flexibility index (Phi) is 6.25. The molecule has 4 rings (SSSR count). The van der Waals surface area contributed by atoms with Crippen LogP contribution in [-0.4, -0.2) is 51.0 Å². The second kappa shape index (κ2) is 8.78. The Balaban J connectivity index is 1.49. The zero-order valence-electron chi connectivity index (χ0n) is 17.6. The first kappa shape index (κ1) is 22.1. The van der Waals surface area contributed by atoms with Crippen LogP contribution in [0, 0.1) is 13.8 Å². The molecule has 0 atom stereocenters. The second-order valence-corrected chi connectivity index (χ2v) is 10.8. The minimum Gasteiger partial charge on any atom is -0.495 e. The minimum absolute atomic E-state index is 0.0994.